The average Bonchev–Trinajstić information content (AvgIpc) is 2.27. The Bertz CT molecular complexity index is 368. The second-order valence-corrected chi connectivity index (χ2v) is 4.11. The Morgan fingerprint density at radius 1 is 1.25 bits per heavy atom. The predicted molar refractivity (Wildman–Crippen MR) is 70.5 cm³/mol. The minimum absolute atomic E-state index is 0.00137. The van der Waals surface area contributed by atoms with Crippen molar-refractivity contribution in [2.75, 3.05) is 19.0 Å². The zero-order valence-corrected chi connectivity index (χ0v) is 10.3. The van der Waals surface area contributed by atoms with Gasteiger partial charge in [0, 0.05) is 25.3 Å². The molecule has 0 bridgehead atoms. The fourth-order valence-corrected chi connectivity index (χ4v) is 1.40. The van der Waals surface area contributed by atoms with Gasteiger partial charge in [0.1, 0.15) is 0 Å². The molecule has 2 N–H and O–H groups in total. The van der Waals surface area contributed by atoms with Gasteiger partial charge in [-0.1, -0.05) is 25.2 Å². The lowest BCUT2D eigenvalue weighted by Crippen LogP contribution is -2.16. The summed E-state index contributed by atoms with van der Waals surface area (Å²) in [5.41, 5.74) is 8.04. The van der Waals surface area contributed by atoms with E-state index < -0.39 is 0 Å². The molecule has 0 saturated heterocycles. The fraction of sp³-hybridized carbons (Fsp3) is 0.429. The molecule has 86 valence electrons. The van der Waals surface area contributed by atoms with E-state index in [-0.39, 0.29) is 6.04 Å². The normalized spacial score (nSPS) is 11.5. The molecule has 0 spiro atoms. The summed E-state index contributed by atoms with van der Waals surface area (Å²) in [5.74, 6) is 6.16. The van der Waals surface area contributed by atoms with Crippen LogP contribution in [0.15, 0.2) is 24.3 Å². The van der Waals surface area contributed by atoms with E-state index in [0.717, 1.165) is 18.4 Å². The van der Waals surface area contributed by atoms with Crippen molar-refractivity contribution in [3.8, 4) is 11.8 Å². The Morgan fingerprint density at radius 3 is 2.38 bits per heavy atom. The maximum absolute atomic E-state index is 5.83. The first-order valence-electron chi connectivity index (χ1n) is 5.68. The third kappa shape index (κ3) is 3.96. The Morgan fingerprint density at radius 2 is 1.88 bits per heavy atom. The third-order valence-electron chi connectivity index (χ3n) is 2.39. The summed E-state index contributed by atoms with van der Waals surface area (Å²) in [4.78, 5) is 2.07. The molecule has 2 nitrogen and oxygen atoms in total. The van der Waals surface area contributed by atoms with Crippen LogP contribution in [-0.2, 0) is 0 Å². The van der Waals surface area contributed by atoms with Crippen LogP contribution < -0.4 is 10.6 Å². The first-order chi connectivity index (χ1) is 7.63. The molecule has 0 radical (unpaired) electrons. The molecule has 1 aromatic rings. The van der Waals surface area contributed by atoms with Crippen LogP contribution in [0.3, 0.4) is 0 Å². The molecule has 1 aromatic carbocycles. The fourth-order valence-electron chi connectivity index (χ4n) is 1.40. The SMILES string of the molecule is CCCC(N)C#Cc1ccc(N(C)C)cc1. The van der Waals surface area contributed by atoms with Crippen LogP contribution in [0.4, 0.5) is 5.69 Å². The van der Waals surface area contributed by atoms with Crippen LogP contribution in [0, 0.1) is 11.8 Å². The minimum Gasteiger partial charge on any atom is -0.378 e. The van der Waals surface area contributed by atoms with Gasteiger partial charge in [-0.25, -0.2) is 0 Å². The van der Waals surface area contributed by atoms with Crippen LogP contribution in [0.5, 0.6) is 0 Å². The standard InChI is InChI=1S/C14H20N2/c1-4-5-13(15)9-6-12-7-10-14(11-8-12)16(2)3/h7-8,10-11,13H,4-5,15H2,1-3H3. The topological polar surface area (TPSA) is 29.3 Å². The average molecular weight is 216 g/mol. The summed E-state index contributed by atoms with van der Waals surface area (Å²) in [6, 6.07) is 8.19. The maximum atomic E-state index is 5.83. The minimum atomic E-state index is -0.00137. The third-order valence-corrected chi connectivity index (χ3v) is 2.39. The number of nitrogens with two attached hydrogens (primary N) is 1. The first-order valence-corrected chi connectivity index (χ1v) is 5.68. The van der Waals surface area contributed by atoms with Gasteiger partial charge in [-0.2, -0.15) is 0 Å². The first kappa shape index (κ1) is 12.6. The second-order valence-electron chi connectivity index (χ2n) is 4.11. The van der Waals surface area contributed by atoms with Crippen molar-refractivity contribution in [3.05, 3.63) is 29.8 Å². The van der Waals surface area contributed by atoms with E-state index in [0.29, 0.717) is 0 Å². The van der Waals surface area contributed by atoms with Crippen molar-refractivity contribution in [1.82, 2.24) is 0 Å². The smallest absolute Gasteiger partial charge is 0.0668 e. The van der Waals surface area contributed by atoms with Crippen molar-refractivity contribution < 1.29 is 0 Å². The van der Waals surface area contributed by atoms with Gasteiger partial charge in [-0.05, 0) is 30.7 Å². The van der Waals surface area contributed by atoms with Gasteiger partial charge in [0.05, 0.1) is 6.04 Å². The monoisotopic (exact) mass is 216 g/mol. The van der Waals surface area contributed by atoms with Crippen molar-refractivity contribution in [2.24, 2.45) is 5.73 Å². The van der Waals surface area contributed by atoms with Gasteiger partial charge in [0.15, 0.2) is 0 Å². The van der Waals surface area contributed by atoms with Crippen LogP contribution in [0.25, 0.3) is 0 Å². The molecule has 0 aliphatic carbocycles. The molecule has 0 heterocycles. The van der Waals surface area contributed by atoms with Gasteiger partial charge in [0.2, 0.25) is 0 Å². The predicted octanol–water partition coefficient (Wildman–Crippen LogP) is 2.23. The number of hydrogen-bond acceptors (Lipinski definition) is 2. The van der Waals surface area contributed by atoms with E-state index in [1.165, 1.54) is 5.69 Å². The lowest BCUT2D eigenvalue weighted by molar-refractivity contribution is 0.720. The Balaban J connectivity index is 2.68. The summed E-state index contributed by atoms with van der Waals surface area (Å²) in [5, 5.41) is 0. The van der Waals surface area contributed by atoms with E-state index in [9.17, 15) is 0 Å². The molecular weight excluding hydrogens is 196 g/mol. The van der Waals surface area contributed by atoms with E-state index in [4.69, 9.17) is 5.73 Å². The van der Waals surface area contributed by atoms with Crippen LogP contribution in [0.1, 0.15) is 25.3 Å². The molecule has 1 unspecified atom stereocenters. The number of anilines is 1. The summed E-state index contributed by atoms with van der Waals surface area (Å²) in [6.45, 7) is 2.12. The summed E-state index contributed by atoms with van der Waals surface area (Å²) in [6.07, 6.45) is 2.04. The quantitative estimate of drug-likeness (QED) is 0.785. The molecule has 0 aliphatic heterocycles. The highest BCUT2D eigenvalue weighted by molar-refractivity contribution is 5.49. The largest absolute Gasteiger partial charge is 0.378 e. The van der Waals surface area contributed by atoms with Crippen LogP contribution in [-0.4, -0.2) is 20.1 Å². The Hall–Kier alpha value is -1.46. The van der Waals surface area contributed by atoms with E-state index in [1.807, 2.05) is 26.2 Å². The Labute approximate surface area is 98.4 Å². The van der Waals surface area contributed by atoms with Gasteiger partial charge < -0.3 is 10.6 Å². The van der Waals surface area contributed by atoms with Crippen LogP contribution >= 0.6 is 0 Å². The molecule has 1 rings (SSSR count). The maximum Gasteiger partial charge on any atom is 0.0668 e. The number of nitrogens with zero attached hydrogens (tertiary/aromatic N) is 1. The molecule has 16 heavy (non-hydrogen) atoms. The van der Waals surface area contributed by atoms with E-state index in [1.54, 1.807) is 0 Å². The van der Waals surface area contributed by atoms with Crippen molar-refractivity contribution >= 4 is 5.69 Å². The van der Waals surface area contributed by atoms with Gasteiger partial charge >= 0.3 is 0 Å². The molecule has 0 aromatic heterocycles. The van der Waals surface area contributed by atoms with Gasteiger partial charge in [-0.3, -0.25) is 0 Å². The summed E-state index contributed by atoms with van der Waals surface area (Å²) >= 11 is 0. The van der Waals surface area contributed by atoms with Crippen LogP contribution in [0.2, 0.25) is 0 Å². The van der Waals surface area contributed by atoms with E-state index >= 15 is 0 Å². The molecule has 1 atom stereocenters. The van der Waals surface area contributed by atoms with Crippen molar-refractivity contribution in [2.45, 2.75) is 25.8 Å². The van der Waals surface area contributed by atoms with Crippen molar-refractivity contribution in [3.63, 3.8) is 0 Å². The molecular formula is C14H20N2. The van der Waals surface area contributed by atoms with Gasteiger partial charge in [0.25, 0.3) is 0 Å². The molecule has 0 aliphatic rings. The summed E-state index contributed by atoms with van der Waals surface area (Å²) in [7, 11) is 4.05. The highest BCUT2D eigenvalue weighted by Crippen LogP contribution is 2.11. The highest BCUT2D eigenvalue weighted by Gasteiger charge is 1.95. The summed E-state index contributed by atoms with van der Waals surface area (Å²) < 4.78 is 0. The number of hydrogen-bond donors (Lipinski definition) is 1. The molecule has 0 amide bonds. The zero-order chi connectivity index (χ0) is 12.0. The van der Waals surface area contributed by atoms with Gasteiger partial charge in [-0.15, -0.1) is 0 Å². The molecule has 0 fully saturated rings. The second kappa shape index (κ2) is 6.19. The highest BCUT2D eigenvalue weighted by atomic mass is 15.1. The Kier molecular flexibility index (Phi) is 4.88. The van der Waals surface area contributed by atoms with Crippen molar-refractivity contribution in [1.29, 1.82) is 0 Å². The lowest BCUT2D eigenvalue weighted by Gasteiger charge is -2.11. The number of benzene rings is 1. The molecule has 0 saturated carbocycles. The molecule has 2 heteroatoms. The number of rotatable bonds is 3. The van der Waals surface area contributed by atoms with E-state index in [2.05, 4.69) is 35.8 Å². The zero-order valence-electron chi connectivity index (χ0n) is 10.3. The lowest BCUT2D eigenvalue weighted by atomic mass is 10.1.